The summed E-state index contributed by atoms with van der Waals surface area (Å²) in [5.74, 6) is 0. The van der Waals surface area contributed by atoms with Crippen LogP contribution in [0.5, 0.6) is 0 Å². The molecule has 0 atom stereocenters. The van der Waals surface area contributed by atoms with E-state index in [2.05, 4.69) is 26.9 Å². The second-order valence-corrected chi connectivity index (χ2v) is 7.22. The third-order valence-corrected chi connectivity index (χ3v) is 5.39. The maximum atomic E-state index is 11.9. The Balaban J connectivity index is 1.68. The molecule has 0 amide bonds. The molecule has 2 N–H and O–H groups in total. The Kier molecular flexibility index (Phi) is 5.56. The molecular weight excluding hydrogens is 276 g/mol. The van der Waals surface area contributed by atoms with Crippen molar-refractivity contribution in [2.45, 2.75) is 49.5 Å². The summed E-state index contributed by atoms with van der Waals surface area (Å²) in [6.45, 7) is 1.39. The van der Waals surface area contributed by atoms with E-state index in [0.717, 1.165) is 13.0 Å². The number of sulfonamides is 1. The molecule has 2 rings (SSSR count). The van der Waals surface area contributed by atoms with Gasteiger partial charge in [0.2, 0.25) is 10.0 Å². The van der Waals surface area contributed by atoms with Crippen LogP contribution in [-0.4, -0.2) is 49.7 Å². The topological polar surface area (TPSA) is 78.1 Å². The van der Waals surface area contributed by atoms with Crippen LogP contribution in [0.3, 0.4) is 0 Å². The Bertz CT molecular complexity index is 480. The zero-order valence-electron chi connectivity index (χ0n) is 12.0. The van der Waals surface area contributed by atoms with Crippen molar-refractivity contribution in [2.24, 2.45) is 0 Å². The highest BCUT2D eigenvalue weighted by Crippen LogP contribution is 2.21. The van der Waals surface area contributed by atoms with E-state index < -0.39 is 10.0 Å². The molecule has 0 bridgehead atoms. The van der Waals surface area contributed by atoms with Gasteiger partial charge in [-0.25, -0.2) is 13.1 Å². The van der Waals surface area contributed by atoms with Gasteiger partial charge in [-0.2, -0.15) is 5.10 Å². The molecule has 0 radical (unpaired) electrons. The number of nitrogens with zero attached hydrogens (tertiary/aromatic N) is 2. The van der Waals surface area contributed by atoms with Gasteiger partial charge < -0.3 is 4.90 Å². The monoisotopic (exact) mass is 300 g/mol. The normalized spacial score (nSPS) is 17.7. The fraction of sp³-hybridized carbons (Fsp3) is 0.769. The average molecular weight is 300 g/mol. The molecule has 0 saturated heterocycles. The fourth-order valence-electron chi connectivity index (χ4n) is 2.71. The van der Waals surface area contributed by atoms with E-state index >= 15 is 0 Å². The molecule has 7 heteroatoms. The van der Waals surface area contributed by atoms with Crippen molar-refractivity contribution < 1.29 is 8.42 Å². The van der Waals surface area contributed by atoms with Crippen LogP contribution in [0.15, 0.2) is 17.3 Å². The largest absolute Gasteiger partial charge is 0.303 e. The number of hydrogen-bond acceptors (Lipinski definition) is 4. The van der Waals surface area contributed by atoms with Gasteiger partial charge in [-0.1, -0.05) is 19.3 Å². The van der Waals surface area contributed by atoms with Crippen LogP contribution in [0.1, 0.15) is 38.5 Å². The molecule has 20 heavy (non-hydrogen) atoms. The molecule has 0 aliphatic heterocycles. The first-order valence-corrected chi connectivity index (χ1v) is 8.76. The number of rotatable bonds is 7. The Morgan fingerprint density at radius 3 is 2.80 bits per heavy atom. The minimum Gasteiger partial charge on any atom is -0.303 e. The van der Waals surface area contributed by atoms with Gasteiger partial charge in [-0.3, -0.25) is 5.10 Å². The van der Waals surface area contributed by atoms with Crippen LogP contribution in [-0.2, 0) is 10.0 Å². The summed E-state index contributed by atoms with van der Waals surface area (Å²) < 4.78 is 26.3. The summed E-state index contributed by atoms with van der Waals surface area (Å²) >= 11 is 0. The number of hydrogen-bond donors (Lipinski definition) is 2. The molecule has 0 spiro atoms. The number of nitrogens with one attached hydrogen (secondary N) is 2. The number of aromatic nitrogens is 2. The van der Waals surface area contributed by atoms with E-state index in [9.17, 15) is 8.42 Å². The molecular formula is C13H24N4O2S. The highest BCUT2D eigenvalue weighted by molar-refractivity contribution is 7.89. The fourth-order valence-corrected chi connectivity index (χ4v) is 3.69. The van der Waals surface area contributed by atoms with Crippen LogP contribution in [0.25, 0.3) is 0 Å². The summed E-state index contributed by atoms with van der Waals surface area (Å²) in [6, 6.07) is 0.675. The minimum atomic E-state index is -3.40. The molecule has 1 aromatic heterocycles. The van der Waals surface area contributed by atoms with E-state index in [0.29, 0.717) is 12.6 Å². The van der Waals surface area contributed by atoms with E-state index in [4.69, 9.17) is 0 Å². The highest BCUT2D eigenvalue weighted by Gasteiger charge is 2.18. The molecule has 6 nitrogen and oxygen atoms in total. The smallest absolute Gasteiger partial charge is 0.243 e. The van der Waals surface area contributed by atoms with Crippen LogP contribution >= 0.6 is 0 Å². The minimum absolute atomic E-state index is 0.193. The maximum absolute atomic E-state index is 11.9. The molecule has 0 aromatic carbocycles. The SMILES string of the molecule is CN(CCCNS(=O)(=O)c1cn[nH]c1)C1CCCCC1. The van der Waals surface area contributed by atoms with E-state index in [1.807, 2.05) is 0 Å². The molecule has 114 valence electrons. The van der Waals surface area contributed by atoms with Gasteiger partial charge in [0.15, 0.2) is 0 Å². The van der Waals surface area contributed by atoms with Crippen molar-refractivity contribution in [3.05, 3.63) is 12.4 Å². The van der Waals surface area contributed by atoms with Gasteiger partial charge in [0.1, 0.15) is 4.90 Å². The lowest BCUT2D eigenvalue weighted by Crippen LogP contribution is -2.35. The second kappa shape index (κ2) is 7.19. The predicted molar refractivity (Wildman–Crippen MR) is 77.9 cm³/mol. The first-order chi connectivity index (χ1) is 9.59. The lowest BCUT2D eigenvalue weighted by Gasteiger charge is -2.31. The Labute approximate surface area is 121 Å². The van der Waals surface area contributed by atoms with E-state index in [-0.39, 0.29) is 4.90 Å². The third-order valence-electron chi connectivity index (χ3n) is 3.96. The van der Waals surface area contributed by atoms with Crippen LogP contribution in [0.2, 0.25) is 0 Å². The maximum Gasteiger partial charge on any atom is 0.243 e. The van der Waals surface area contributed by atoms with Crippen LogP contribution in [0, 0.1) is 0 Å². The standard InChI is InChI=1S/C13H24N4O2S/c1-17(12-6-3-2-4-7-12)9-5-8-16-20(18,19)13-10-14-15-11-13/h10-12,16H,2-9H2,1H3,(H,14,15). The quantitative estimate of drug-likeness (QED) is 0.745. The van der Waals surface area contributed by atoms with Crippen molar-refractivity contribution >= 4 is 10.0 Å². The summed E-state index contributed by atoms with van der Waals surface area (Å²) in [4.78, 5) is 2.56. The third kappa shape index (κ3) is 4.29. The Hall–Kier alpha value is -0.920. The highest BCUT2D eigenvalue weighted by atomic mass is 32.2. The molecule has 1 aliphatic carbocycles. The van der Waals surface area contributed by atoms with Crippen LogP contribution < -0.4 is 4.72 Å². The molecule has 1 heterocycles. The Morgan fingerprint density at radius 1 is 1.40 bits per heavy atom. The lowest BCUT2D eigenvalue weighted by molar-refractivity contribution is 0.190. The molecule has 1 fully saturated rings. The van der Waals surface area contributed by atoms with E-state index in [1.165, 1.54) is 44.5 Å². The van der Waals surface area contributed by atoms with Crippen molar-refractivity contribution in [2.75, 3.05) is 20.1 Å². The number of aromatic amines is 1. The number of H-pyrrole nitrogens is 1. The second-order valence-electron chi connectivity index (χ2n) is 5.46. The molecule has 1 aromatic rings. The average Bonchev–Trinajstić information content (AvgIpc) is 2.99. The first kappa shape index (κ1) is 15.5. The molecule has 1 aliphatic rings. The van der Waals surface area contributed by atoms with Gasteiger partial charge in [-0.05, 0) is 32.9 Å². The summed E-state index contributed by atoms with van der Waals surface area (Å²) in [7, 11) is -1.26. The van der Waals surface area contributed by atoms with Crippen LogP contribution in [0.4, 0.5) is 0 Å². The predicted octanol–water partition coefficient (Wildman–Crippen LogP) is 1.34. The molecule has 1 saturated carbocycles. The molecule has 0 unspecified atom stereocenters. The Morgan fingerprint density at radius 2 is 2.15 bits per heavy atom. The van der Waals surface area contributed by atoms with Crippen molar-refractivity contribution in [3.63, 3.8) is 0 Å². The zero-order valence-corrected chi connectivity index (χ0v) is 12.8. The van der Waals surface area contributed by atoms with Gasteiger partial charge >= 0.3 is 0 Å². The summed E-state index contributed by atoms with van der Waals surface area (Å²) in [6.07, 6.45) is 10.1. The van der Waals surface area contributed by atoms with Gasteiger partial charge in [-0.15, -0.1) is 0 Å². The van der Waals surface area contributed by atoms with Crippen molar-refractivity contribution in [1.29, 1.82) is 0 Å². The summed E-state index contributed by atoms with van der Waals surface area (Å²) in [5.41, 5.74) is 0. The lowest BCUT2D eigenvalue weighted by atomic mass is 9.94. The zero-order chi connectivity index (χ0) is 14.4. The van der Waals surface area contributed by atoms with Gasteiger partial charge in [0, 0.05) is 18.8 Å². The summed E-state index contributed by atoms with van der Waals surface area (Å²) in [5, 5.41) is 6.16. The van der Waals surface area contributed by atoms with Gasteiger partial charge in [0.05, 0.1) is 6.20 Å². The van der Waals surface area contributed by atoms with E-state index in [1.54, 1.807) is 0 Å². The first-order valence-electron chi connectivity index (χ1n) is 7.28. The van der Waals surface area contributed by atoms with Crippen molar-refractivity contribution in [1.82, 2.24) is 19.8 Å². The van der Waals surface area contributed by atoms with Gasteiger partial charge in [0.25, 0.3) is 0 Å². The van der Waals surface area contributed by atoms with Crippen molar-refractivity contribution in [3.8, 4) is 0 Å².